The van der Waals surface area contributed by atoms with E-state index in [0.29, 0.717) is 50.3 Å². The van der Waals surface area contributed by atoms with Crippen LogP contribution in [0.3, 0.4) is 0 Å². The Kier molecular flexibility index (Phi) is 6.80. The van der Waals surface area contributed by atoms with Crippen LogP contribution in [0.1, 0.15) is 30.4 Å². The Morgan fingerprint density at radius 3 is 2.64 bits per heavy atom. The molecular weight excluding hydrogens is 428 g/mol. The molecule has 3 aromatic rings. The number of rotatable bonds is 8. The highest BCUT2D eigenvalue weighted by molar-refractivity contribution is 5.76. The number of aromatic nitrogens is 4. The minimum absolute atomic E-state index is 0.0477. The molecule has 11 nitrogen and oxygen atoms in total. The van der Waals surface area contributed by atoms with Crippen LogP contribution in [0.25, 0.3) is 11.2 Å². The van der Waals surface area contributed by atoms with Crippen LogP contribution in [0, 0.1) is 6.92 Å². The van der Waals surface area contributed by atoms with Crippen LogP contribution in [0.5, 0.6) is 0 Å². The lowest BCUT2D eigenvalue weighted by atomic mass is 10.1. The molecule has 0 aromatic carbocycles. The number of nitrogens with one attached hydrogen (secondary N) is 1. The summed E-state index contributed by atoms with van der Waals surface area (Å²) in [5.74, 6) is 1.60. The number of nitrogens with zero attached hydrogens (tertiary/aromatic N) is 5. The lowest BCUT2D eigenvalue weighted by molar-refractivity contribution is -0.121. The zero-order valence-corrected chi connectivity index (χ0v) is 19.2. The van der Waals surface area contributed by atoms with Gasteiger partial charge in [0.15, 0.2) is 11.2 Å². The normalized spacial score (nSPS) is 15.7. The number of carbonyl (C=O) groups excluding carboxylic acids is 1. The van der Waals surface area contributed by atoms with E-state index in [4.69, 9.17) is 9.15 Å². The molecule has 0 aliphatic carbocycles. The first-order chi connectivity index (χ1) is 15.9. The molecule has 1 N–H and O–H groups in total. The van der Waals surface area contributed by atoms with Crippen LogP contribution < -0.4 is 16.6 Å². The quantitative estimate of drug-likeness (QED) is 0.516. The van der Waals surface area contributed by atoms with Gasteiger partial charge in [-0.25, -0.2) is 9.78 Å². The van der Waals surface area contributed by atoms with Gasteiger partial charge in [0.05, 0.1) is 25.6 Å². The van der Waals surface area contributed by atoms with E-state index in [0.717, 1.165) is 29.2 Å². The van der Waals surface area contributed by atoms with Crippen molar-refractivity contribution < 1.29 is 13.9 Å². The van der Waals surface area contributed by atoms with Gasteiger partial charge >= 0.3 is 5.69 Å². The standard InChI is InChI=1S/C22H30N6O5/c1-15-6-7-17(33-15)16(27-9-11-32-12-10-27)13-23-18(29)5-4-8-28-14-24-20-19(28)21(30)26(3)22(31)25(20)2/h6-7,14,16H,4-5,8-13H2,1-3H3,(H,23,29). The third-order valence-electron chi connectivity index (χ3n) is 6.09. The first-order valence-electron chi connectivity index (χ1n) is 11.1. The minimum Gasteiger partial charge on any atom is -0.465 e. The topological polar surface area (TPSA) is 117 Å². The monoisotopic (exact) mass is 458 g/mol. The summed E-state index contributed by atoms with van der Waals surface area (Å²) in [6, 6.07) is 3.84. The van der Waals surface area contributed by atoms with Gasteiger partial charge in [0.2, 0.25) is 5.91 Å². The summed E-state index contributed by atoms with van der Waals surface area (Å²) in [6.07, 6.45) is 2.38. The zero-order valence-electron chi connectivity index (χ0n) is 19.2. The van der Waals surface area contributed by atoms with E-state index in [2.05, 4.69) is 15.2 Å². The van der Waals surface area contributed by atoms with E-state index >= 15 is 0 Å². The van der Waals surface area contributed by atoms with E-state index in [1.807, 2.05) is 19.1 Å². The van der Waals surface area contributed by atoms with Gasteiger partial charge in [-0.2, -0.15) is 0 Å². The fourth-order valence-electron chi connectivity index (χ4n) is 4.21. The summed E-state index contributed by atoms with van der Waals surface area (Å²) in [5, 5.41) is 3.02. The molecule has 178 valence electrons. The number of carbonyl (C=O) groups is 1. The summed E-state index contributed by atoms with van der Waals surface area (Å²) >= 11 is 0. The molecule has 4 rings (SSSR count). The summed E-state index contributed by atoms with van der Waals surface area (Å²) in [5.41, 5.74) is -0.105. The largest absolute Gasteiger partial charge is 0.465 e. The van der Waals surface area contributed by atoms with Crippen molar-refractivity contribution in [2.45, 2.75) is 32.4 Å². The van der Waals surface area contributed by atoms with Gasteiger partial charge in [-0.3, -0.25) is 23.6 Å². The average molecular weight is 459 g/mol. The second-order valence-corrected chi connectivity index (χ2v) is 8.34. The summed E-state index contributed by atoms with van der Waals surface area (Å²) < 4.78 is 15.4. The number of aryl methyl sites for hydroxylation is 3. The van der Waals surface area contributed by atoms with Gasteiger partial charge in [0.1, 0.15) is 11.5 Å². The molecule has 33 heavy (non-hydrogen) atoms. The van der Waals surface area contributed by atoms with Gasteiger partial charge in [-0.15, -0.1) is 0 Å². The third-order valence-corrected chi connectivity index (χ3v) is 6.09. The average Bonchev–Trinajstić information content (AvgIpc) is 3.44. The smallest absolute Gasteiger partial charge is 0.332 e. The minimum atomic E-state index is -0.418. The fourth-order valence-corrected chi connectivity index (χ4v) is 4.21. The second kappa shape index (κ2) is 9.75. The predicted molar refractivity (Wildman–Crippen MR) is 121 cm³/mol. The number of hydrogen-bond acceptors (Lipinski definition) is 7. The Labute approximate surface area is 190 Å². The van der Waals surface area contributed by atoms with Crippen molar-refractivity contribution in [3.05, 3.63) is 50.8 Å². The van der Waals surface area contributed by atoms with Crippen molar-refractivity contribution in [1.29, 1.82) is 0 Å². The molecule has 1 amide bonds. The molecule has 0 bridgehead atoms. The number of imidazole rings is 1. The number of amides is 1. The van der Waals surface area contributed by atoms with E-state index in [-0.39, 0.29) is 11.9 Å². The number of ether oxygens (including phenoxy) is 1. The van der Waals surface area contributed by atoms with Crippen LogP contribution in [0.2, 0.25) is 0 Å². The second-order valence-electron chi connectivity index (χ2n) is 8.34. The van der Waals surface area contributed by atoms with E-state index in [1.54, 1.807) is 11.6 Å². The number of fused-ring (bicyclic) bond motifs is 1. The molecule has 4 heterocycles. The maximum atomic E-state index is 12.6. The highest BCUT2D eigenvalue weighted by atomic mass is 16.5. The van der Waals surface area contributed by atoms with E-state index in [1.165, 1.54) is 17.9 Å². The van der Waals surface area contributed by atoms with Crippen LogP contribution in [0.4, 0.5) is 0 Å². The van der Waals surface area contributed by atoms with E-state index < -0.39 is 11.2 Å². The number of furan rings is 1. The summed E-state index contributed by atoms with van der Waals surface area (Å²) in [4.78, 5) is 43.6. The van der Waals surface area contributed by atoms with Crippen molar-refractivity contribution in [3.8, 4) is 0 Å². The molecule has 1 fully saturated rings. The summed E-state index contributed by atoms with van der Waals surface area (Å²) in [6.45, 7) is 5.69. The van der Waals surface area contributed by atoms with Gasteiger partial charge in [-0.1, -0.05) is 0 Å². The highest BCUT2D eigenvalue weighted by Gasteiger charge is 2.25. The van der Waals surface area contributed by atoms with Crippen molar-refractivity contribution in [2.24, 2.45) is 14.1 Å². The molecule has 0 saturated carbocycles. The Morgan fingerprint density at radius 2 is 1.94 bits per heavy atom. The maximum absolute atomic E-state index is 12.6. The number of morpholine rings is 1. The molecule has 0 radical (unpaired) electrons. The van der Waals surface area contributed by atoms with Gasteiger partial charge in [-0.05, 0) is 25.5 Å². The highest BCUT2D eigenvalue weighted by Crippen LogP contribution is 2.23. The summed E-state index contributed by atoms with van der Waals surface area (Å²) in [7, 11) is 3.03. The molecule has 0 spiro atoms. The maximum Gasteiger partial charge on any atom is 0.332 e. The SMILES string of the molecule is Cc1ccc(C(CNC(=O)CCCn2cnc3c2c(=O)n(C)c(=O)n3C)N2CCOCC2)o1. The Balaban J connectivity index is 1.36. The molecule has 1 saturated heterocycles. The first kappa shape index (κ1) is 23.0. The molecular formula is C22H30N6O5. The van der Waals surface area contributed by atoms with E-state index in [9.17, 15) is 14.4 Å². The van der Waals surface area contributed by atoms with Crippen LogP contribution in [-0.2, 0) is 30.2 Å². The van der Waals surface area contributed by atoms with Crippen LogP contribution in [-0.4, -0.2) is 62.3 Å². The fraction of sp³-hybridized carbons (Fsp3) is 0.545. The Bertz CT molecular complexity index is 1250. The number of hydrogen-bond donors (Lipinski definition) is 1. The molecule has 1 atom stereocenters. The van der Waals surface area contributed by atoms with Crippen molar-refractivity contribution in [3.63, 3.8) is 0 Å². The Morgan fingerprint density at radius 1 is 1.18 bits per heavy atom. The molecule has 1 aliphatic rings. The van der Waals surface area contributed by atoms with Crippen molar-refractivity contribution in [2.75, 3.05) is 32.8 Å². The predicted octanol–water partition coefficient (Wildman–Crippen LogP) is 0.305. The molecule has 11 heteroatoms. The van der Waals surface area contributed by atoms with Gasteiger partial charge in [0, 0.05) is 46.7 Å². The van der Waals surface area contributed by atoms with Crippen LogP contribution >= 0.6 is 0 Å². The molecule has 1 aliphatic heterocycles. The zero-order chi connectivity index (χ0) is 23.5. The lowest BCUT2D eigenvalue weighted by Gasteiger charge is -2.33. The Hall–Kier alpha value is -3.18. The van der Waals surface area contributed by atoms with Crippen LogP contribution in [0.15, 0.2) is 32.5 Å². The molecule has 3 aromatic heterocycles. The van der Waals surface area contributed by atoms with Gasteiger partial charge in [0.25, 0.3) is 5.56 Å². The third kappa shape index (κ3) is 4.79. The lowest BCUT2D eigenvalue weighted by Crippen LogP contribution is -2.43. The van der Waals surface area contributed by atoms with Crippen molar-refractivity contribution >= 4 is 17.1 Å². The first-order valence-corrected chi connectivity index (χ1v) is 11.1. The van der Waals surface area contributed by atoms with Gasteiger partial charge < -0.3 is 19.0 Å². The molecule has 1 unspecified atom stereocenters. The van der Waals surface area contributed by atoms with Crippen molar-refractivity contribution in [1.82, 2.24) is 28.9 Å².